The van der Waals surface area contributed by atoms with E-state index in [0.29, 0.717) is 12.0 Å². The Hall–Kier alpha value is -1.52. The summed E-state index contributed by atoms with van der Waals surface area (Å²) in [5.41, 5.74) is 1.91. The van der Waals surface area contributed by atoms with Crippen LogP contribution in [0.5, 0.6) is 11.5 Å². The lowest BCUT2D eigenvalue weighted by Crippen LogP contribution is -2.70. The fraction of sp³-hybridized carbons (Fsp3) is 0.579. The molecule has 0 aromatic heterocycles. The maximum atomic E-state index is 10.8. The summed E-state index contributed by atoms with van der Waals surface area (Å²) in [5, 5.41) is 10.8. The fourth-order valence-corrected chi connectivity index (χ4v) is 5.77. The third-order valence-corrected chi connectivity index (χ3v) is 6.98. The molecular formula is C19H23NO3. The third-order valence-electron chi connectivity index (χ3n) is 6.98. The van der Waals surface area contributed by atoms with Gasteiger partial charge in [-0.2, -0.15) is 0 Å². The van der Waals surface area contributed by atoms with E-state index in [2.05, 4.69) is 31.0 Å². The number of piperidine rings is 1. The molecule has 4 heteroatoms. The van der Waals surface area contributed by atoms with Crippen LogP contribution < -0.4 is 9.47 Å². The summed E-state index contributed by atoms with van der Waals surface area (Å²) in [4.78, 5) is 2.48. The zero-order chi connectivity index (χ0) is 16.0. The van der Waals surface area contributed by atoms with E-state index < -0.39 is 11.7 Å². The molecule has 0 saturated carbocycles. The van der Waals surface area contributed by atoms with Gasteiger partial charge >= 0.3 is 0 Å². The predicted octanol–water partition coefficient (Wildman–Crippen LogP) is 1.89. The van der Waals surface area contributed by atoms with E-state index >= 15 is 0 Å². The van der Waals surface area contributed by atoms with Crippen LogP contribution in [0.1, 0.15) is 24.5 Å². The summed E-state index contributed by atoms with van der Waals surface area (Å²) in [6, 6.07) is 4.69. The number of rotatable bonds is 1. The zero-order valence-electron chi connectivity index (χ0n) is 13.9. The van der Waals surface area contributed by atoms with Gasteiger partial charge in [-0.05, 0) is 45.0 Å². The van der Waals surface area contributed by atoms with Gasteiger partial charge in [-0.25, -0.2) is 0 Å². The van der Waals surface area contributed by atoms with Gasteiger partial charge in [0.25, 0.3) is 0 Å². The second-order valence-electron chi connectivity index (χ2n) is 7.67. The smallest absolute Gasteiger partial charge is 0.166 e. The van der Waals surface area contributed by atoms with E-state index in [1.165, 1.54) is 11.1 Å². The molecule has 2 bridgehead atoms. The number of benzene rings is 1. The monoisotopic (exact) mass is 313 g/mol. The molecule has 122 valence electrons. The van der Waals surface area contributed by atoms with Gasteiger partial charge in [0, 0.05) is 17.5 Å². The van der Waals surface area contributed by atoms with Gasteiger partial charge in [-0.1, -0.05) is 18.2 Å². The van der Waals surface area contributed by atoms with E-state index in [-0.39, 0.29) is 5.41 Å². The van der Waals surface area contributed by atoms with Crippen molar-refractivity contribution in [1.29, 1.82) is 0 Å². The number of hydrogen-bond donors (Lipinski definition) is 1. The molecule has 23 heavy (non-hydrogen) atoms. The van der Waals surface area contributed by atoms with Crippen LogP contribution >= 0.6 is 0 Å². The SMILES string of the molecule is COc1ccc2c3c1O[C@@]1(C)[C@H](O)C=C[C@H]4[C@@H](C2)N(C)CC[C@]341. The number of aliphatic hydroxyl groups excluding tert-OH is 1. The maximum absolute atomic E-state index is 10.8. The normalized spacial score (nSPS) is 43.0. The Balaban J connectivity index is 1.87. The average Bonchev–Trinajstić information content (AvgIpc) is 2.82. The highest BCUT2D eigenvalue weighted by Crippen LogP contribution is 2.66. The highest BCUT2D eigenvalue weighted by molar-refractivity contribution is 5.63. The number of likely N-dealkylation sites (N-methyl/N-ethyl adjacent to an activating group) is 1. The molecule has 1 aromatic rings. The number of aliphatic hydroxyl groups is 1. The van der Waals surface area contributed by atoms with Crippen molar-refractivity contribution in [2.75, 3.05) is 20.7 Å². The molecule has 2 heterocycles. The topological polar surface area (TPSA) is 41.9 Å². The minimum atomic E-state index is -0.613. The summed E-state index contributed by atoms with van der Waals surface area (Å²) in [6.45, 7) is 3.13. The molecule has 0 amide bonds. The summed E-state index contributed by atoms with van der Waals surface area (Å²) < 4.78 is 12.1. The number of likely N-dealkylation sites (tertiary alicyclic amines) is 1. The van der Waals surface area contributed by atoms with Gasteiger partial charge < -0.3 is 19.5 Å². The second-order valence-corrected chi connectivity index (χ2v) is 7.67. The molecular weight excluding hydrogens is 290 g/mol. The molecule has 4 aliphatic rings. The highest BCUT2D eigenvalue weighted by Gasteiger charge is 2.70. The molecule has 1 spiro atoms. The first-order valence-electron chi connectivity index (χ1n) is 8.49. The third kappa shape index (κ3) is 1.33. The van der Waals surface area contributed by atoms with Crippen LogP contribution in [0, 0.1) is 5.92 Å². The van der Waals surface area contributed by atoms with Gasteiger partial charge in [0.05, 0.1) is 12.5 Å². The lowest BCUT2D eigenvalue weighted by atomic mass is 9.49. The van der Waals surface area contributed by atoms with Crippen molar-refractivity contribution in [3.63, 3.8) is 0 Å². The number of hydrogen-bond acceptors (Lipinski definition) is 4. The minimum absolute atomic E-state index is 0.143. The highest BCUT2D eigenvalue weighted by atomic mass is 16.5. The Morgan fingerprint density at radius 3 is 2.96 bits per heavy atom. The van der Waals surface area contributed by atoms with Crippen molar-refractivity contribution in [3.05, 3.63) is 35.4 Å². The van der Waals surface area contributed by atoms with Crippen molar-refractivity contribution in [2.45, 2.75) is 42.9 Å². The van der Waals surface area contributed by atoms with Crippen molar-refractivity contribution in [2.24, 2.45) is 5.92 Å². The van der Waals surface area contributed by atoms with Crippen molar-refractivity contribution in [1.82, 2.24) is 4.90 Å². The van der Waals surface area contributed by atoms with Crippen LogP contribution in [-0.2, 0) is 11.8 Å². The molecule has 5 rings (SSSR count). The Morgan fingerprint density at radius 1 is 1.35 bits per heavy atom. The Labute approximate surface area is 136 Å². The van der Waals surface area contributed by atoms with E-state index in [0.717, 1.165) is 30.9 Å². The van der Waals surface area contributed by atoms with Gasteiger partial charge in [-0.3, -0.25) is 0 Å². The van der Waals surface area contributed by atoms with Crippen LogP contribution in [0.25, 0.3) is 0 Å². The number of nitrogens with zero attached hydrogens (tertiary/aromatic N) is 1. The lowest BCUT2D eigenvalue weighted by molar-refractivity contribution is -0.110. The number of methoxy groups -OCH3 is 1. The molecule has 1 saturated heterocycles. The Bertz CT molecular complexity index is 730. The molecule has 2 aliphatic heterocycles. The van der Waals surface area contributed by atoms with Gasteiger partial charge in [0.2, 0.25) is 0 Å². The van der Waals surface area contributed by atoms with Crippen LogP contribution in [0.15, 0.2) is 24.3 Å². The molecule has 1 aromatic carbocycles. The van der Waals surface area contributed by atoms with Gasteiger partial charge in [0.15, 0.2) is 11.5 Å². The van der Waals surface area contributed by atoms with Crippen molar-refractivity contribution >= 4 is 0 Å². The van der Waals surface area contributed by atoms with E-state index in [1.807, 2.05) is 12.1 Å². The summed E-state index contributed by atoms with van der Waals surface area (Å²) in [5.74, 6) is 2.04. The lowest BCUT2D eigenvalue weighted by Gasteiger charge is -2.60. The van der Waals surface area contributed by atoms with Gasteiger partial charge in [0.1, 0.15) is 11.7 Å². The van der Waals surface area contributed by atoms with E-state index in [1.54, 1.807) is 7.11 Å². The van der Waals surface area contributed by atoms with Crippen LogP contribution in [0.3, 0.4) is 0 Å². The van der Waals surface area contributed by atoms with E-state index in [4.69, 9.17) is 9.47 Å². The first-order valence-corrected chi connectivity index (χ1v) is 8.49. The molecule has 5 atom stereocenters. The predicted molar refractivity (Wildman–Crippen MR) is 87.1 cm³/mol. The standard InChI is InChI=1S/C19H23NO3/c1-18-15(21)7-5-12-13-10-11-4-6-14(22-3)17(23-18)16(11)19(12,18)8-9-20(13)2/h4-7,12-13,15,21H,8-10H2,1-3H3/t12-,13+,15+,18-,19+/m0/s1. The zero-order valence-corrected chi connectivity index (χ0v) is 13.9. The summed E-state index contributed by atoms with van der Waals surface area (Å²) >= 11 is 0. The van der Waals surface area contributed by atoms with Crippen LogP contribution in [0.2, 0.25) is 0 Å². The molecule has 4 nitrogen and oxygen atoms in total. The summed E-state index contributed by atoms with van der Waals surface area (Å²) in [7, 11) is 3.91. The average molecular weight is 313 g/mol. The van der Waals surface area contributed by atoms with Crippen molar-refractivity contribution < 1.29 is 14.6 Å². The largest absolute Gasteiger partial charge is 0.493 e. The first-order chi connectivity index (χ1) is 11.0. The van der Waals surface area contributed by atoms with Crippen molar-refractivity contribution in [3.8, 4) is 11.5 Å². The second kappa shape index (κ2) is 4.11. The Kier molecular flexibility index (Phi) is 2.48. The number of ether oxygens (including phenoxy) is 2. The molecule has 1 fully saturated rings. The van der Waals surface area contributed by atoms with Crippen LogP contribution in [-0.4, -0.2) is 48.5 Å². The maximum Gasteiger partial charge on any atom is 0.166 e. The van der Waals surface area contributed by atoms with Gasteiger partial charge in [-0.15, -0.1) is 0 Å². The fourth-order valence-electron chi connectivity index (χ4n) is 5.77. The van der Waals surface area contributed by atoms with Crippen LogP contribution in [0.4, 0.5) is 0 Å². The Morgan fingerprint density at radius 2 is 2.17 bits per heavy atom. The minimum Gasteiger partial charge on any atom is -0.493 e. The quantitative estimate of drug-likeness (QED) is 0.804. The molecule has 2 aliphatic carbocycles. The van der Waals surface area contributed by atoms with E-state index in [9.17, 15) is 5.11 Å². The summed E-state index contributed by atoms with van der Waals surface area (Å²) in [6.07, 6.45) is 5.64. The molecule has 1 N–H and O–H groups in total. The molecule has 0 unspecified atom stereocenters. The molecule has 0 radical (unpaired) electrons. The first kappa shape index (κ1) is 13.9.